The first kappa shape index (κ1) is 12.8. The molecule has 2 aromatic heterocycles. The third-order valence-electron chi connectivity index (χ3n) is 2.95. The van der Waals surface area contributed by atoms with Gasteiger partial charge < -0.3 is 15.0 Å². The number of anilines is 1. The zero-order valence-corrected chi connectivity index (χ0v) is 10.8. The highest BCUT2D eigenvalue weighted by atomic mass is 16.5. The molecule has 2 aromatic rings. The predicted octanol–water partition coefficient (Wildman–Crippen LogP) is 1.61. The van der Waals surface area contributed by atoms with E-state index in [0.29, 0.717) is 17.4 Å². The first-order chi connectivity index (χ1) is 8.72. The molecule has 2 N–H and O–H groups in total. The molecule has 2 rings (SSSR count). The van der Waals surface area contributed by atoms with Gasteiger partial charge in [-0.1, -0.05) is 6.92 Å². The van der Waals surface area contributed by atoms with Crippen LogP contribution in [0.1, 0.15) is 26.7 Å². The van der Waals surface area contributed by atoms with Gasteiger partial charge in [0.15, 0.2) is 11.5 Å². The fourth-order valence-corrected chi connectivity index (χ4v) is 1.70. The van der Waals surface area contributed by atoms with Crippen molar-refractivity contribution in [2.24, 2.45) is 0 Å². The first-order valence-corrected chi connectivity index (χ1v) is 6.25. The van der Waals surface area contributed by atoms with Gasteiger partial charge in [0.1, 0.15) is 11.8 Å². The maximum atomic E-state index is 5.73. The molecule has 0 spiro atoms. The molecular weight excluding hydrogens is 230 g/mol. The molecule has 1 atom stereocenters. The second-order valence-corrected chi connectivity index (χ2v) is 4.31. The maximum Gasteiger partial charge on any atom is 0.165 e. The number of fused-ring (bicyclic) bond motifs is 1. The molecule has 2 heterocycles. The summed E-state index contributed by atoms with van der Waals surface area (Å²) in [7, 11) is 0. The van der Waals surface area contributed by atoms with Gasteiger partial charge in [-0.25, -0.2) is 15.0 Å². The summed E-state index contributed by atoms with van der Waals surface area (Å²) in [5, 5.41) is 0. The summed E-state index contributed by atoms with van der Waals surface area (Å²) in [5.41, 5.74) is 7.18. The molecule has 0 aliphatic carbocycles. The summed E-state index contributed by atoms with van der Waals surface area (Å²) in [6, 6.07) is 0. The van der Waals surface area contributed by atoms with Crippen molar-refractivity contribution in [3.05, 3.63) is 12.7 Å². The van der Waals surface area contributed by atoms with Crippen LogP contribution in [0.4, 0.5) is 5.82 Å². The Balaban J connectivity index is 1.94. The fraction of sp³-hybridized carbons (Fsp3) is 0.583. The molecule has 0 aliphatic heterocycles. The molecule has 6 heteroatoms. The van der Waals surface area contributed by atoms with Gasteiger partial charge in [-0.15, -0.1) is 0 Å². The summed E-state index contributed by atoms with van der Waals surface area (Å²) >= 11 is 0. The number of nitrogens with zero attached hydrogens (tertiary/aromatic N) is 4. The zero-order chi connectivity index (χ0) is 13.0. The Bertz CT molecular complexity index is 510. The summed E-state index contributed by atoms with van der Waals surface area (Å²) < 4.78 is 7.61. The van der Waals surface area contributed by atoms with Crippen molar-refractivity contribution >= 4 is 17.0 Å². The topological polar surface area (TPSA) is 78.9 Å². The molecule has 0 aliphatic rings. The first-order valence-electron chi connectivity index (χ1n) is 6.25. The molecule has 0 amide bonds. The zero-order valence-electron chi connectivity index (χ0n) is 10.8. The van der Waals surface area contributed by atoms with Gasteiger partial charge in [-0.05, 0) is 19.8 Å². The maximum absolute atomic E-state index is 5.73. The lowest BCUT2D eigenvalue weighted by molar-refractivity contribution is 0.0601. The van der Waals surface area contributed by atoms with Crippen LogP contribution in [0.15, 0.2) is 12.7 Å². The number of hydrogen-bond acceptors (Lipinski definition) is 5. The number of hydrogen-bond donors (Lipinski definition) is 1. The minimum atomic E-state index is 0.322. The van der Waals surface area contributed by atoms with Gasteiger partial charge in [0.25, 0.3) is 0 Å². The highest BCUT2D eigenvalue weighted by Gasteiger charge is 2.07. The van der Waals surface area contributed by atoms with Crippen LogP contribution in [0.2, 0.25) is 0 Å². The Morgan fingerprint density at radius 3 is 3.00 bits per heavy atom. The Morgan fingerprint density at radius 2 is 2.22 bits per heavy atom. The van der Waals surface area contributed by atoms with Crippen LogP contribution in [0.5, 0.6) is 0 Å². The summed E-state index contributed by atoms with van der Waals surface area (Å²) in [6.45, 7) is 5.77. The van der Waals surface area contributed by atoms with Gasteiger partial charge >= 0.3 is 0 Å². The number of nitrogens with two attached hydrogens (primary N) is 1. The molecule has 0 radical (unpaired) electrons. The minimum Gasteiger partial charge on any atom is -0.382 e. The highest BCUT2D eigenvalue weighted by Crippen LogP contribution is 2.14. The van der Waals surface area contributed by atoms with Crippen LogP contribution in [-0.2, 0) is 11.3 Å². The van der Waals surface area contributed by atoms with Crippen molar-refractivity contribution in [1.29, 1.82) is 0 Å². The highest BCUT2D eigenvalue weighted by molar-refractivity contribution is 5.80. The van der Waals surface area contributed by atoms with Crippen LogP contribution in [0, 0.1) is 0 Å². The average Bonchev–Trinajstić information content (AvgIpc) is 2.79. The van der Waals surface area contributed by atoms with Gasteiger partial charge in [-0.2, -0.15) is 0 Å². The van der Waals surface area contributed by atoms with Crippen molar-refractivity contribution < 1.29 is 4.74 Å². The number of ether oxygens (including phenoxy) is 1. The van der Waals surface area contributed by atoms with Gasteiger partial charge in [0.2, 0.25) is 0 Å². The van der Waals surface area contributed by atoms with Crippen molar-refractivity contribution in [2.45, 2.75) is 39.3 Å². The average molecular weight is 249 g/mol. The summed E-state index contributed by atoms with van der Waals surface area (Å²) in [5.74, 6) is 0.426. The number of imidazole rings is 1. The van der Waals surface area contributed by atoms with Crippen LogP contribution in [-0.4, -0.2) is 32.2 Å². The Morgan fingerprint density at radius 1 is 1.39 bits per heavy atom. The molecule has 0 fully saturated rings. The van der Waals surface area contributed by atoms with E-state index >= 15 is 0 Å². The number of aromatic nitrogens is 4. The van der Waals surface area contributed by atoms with E-state index < -0.39 is 0 Å². The Hall–Kier alpha value is -1.69. The Kier molecular flexibility index (Phi) is 4.09. The lowest BCUT2D eigenvalue weighted by Crippen LogP contribution is -2.09. The lowest BCUT2D eigenvalue weighted by atomic mass is 10.3. The molecule has 98 valence electrons. The van der Waals surface area contributed by atoms with Crippen molar-refractivity contribution in [1.82, 2.24) is 19.5 Å². The SMILES string of the molecule is CCC(C)OCCCn1cnc2c(N)ncnc21. The van der Waals surface area contributed by atoms with Crippen LogP contribution >= 0.6 is 0 Å². The molecular formula is C12H19N5O. The molecule has 0 saturated carbocycles. The second-order valence-electron chi connectivity index (χ2n) is 4.31. The minimum absolute atomic E-state index is 0.322. The molecule has 0 bridgehead atoms. The van der Waals surface area contributed by atoms with E-state index in [1.165, 1.54) is 6.33 Å². The number of rotatable bonds is 6. The quantitative estimate of drug-likeness (QED) is 0.787. The number of nitrogen functional groups attached to an aromatic ring is 1. The van der Waals surface area contributed by atoms with E-state index in [9.17, 15) is 0 Å². The monoisotopic (exact) mass is 249 g/mol. The Labute approximate surface area is 106 Å². The lowest BCUT2D eigenvalue weighted by Gasteiger charge is -2.10. The summed E-state index contributed by atoms with van der Waals surface area (Å²) in [6.07, 6.45) is 5.50. The molecule has 6 nitrogen and oxygen atoms in total. The van der Waals surface area contributed by atoms with Gasteiger partial charge in [0, 0.05) is 13.2 Å². The third-order valence-corrected chi connectivity index (χ3v) is 2.95. The van der Waals surface area contributed by atoms with E-state index in [1.54, 1.807) is 6.33 Å². The normalized spacial score (nSPS) is 13.0. The summed E-state index contributed by atoms with van der Waals surface area (Å²) in [4.78, 5) is 12.3. The van der Waals surface area contributed by atoms with Crippen LogP contribution < -0.4 is 5.73 Å². The largest absolute Gasteiger partial charge is 0.382 e. The van der Waals surface area contributed by atoms with Gasteiger partial charge in [-0.3, -0.25) is 0 Å². The standard InChI is InChI=1S/C12H19N5O/c1-3-9(2)18-6-4-5-17-8-16-10-11(13)14-7-15-12(10)17/h7-9H,3-6H2,1-2H3,(H2,13,14,15). The van der Waals surface area contributed by atoms with Crippen molar-refractivity contribution in [3.8, 4) is 0 Å². The molecule has 18 heavy (non-hydrogen) atoms. The van der Waals surface area contributed by atoms with Gasteiger partial charge in [0.05, 0.1) is 12.4 Å². The molecule has 1 unspecified atom stereocenters. The fourth-order valence-electron chi connectivity index (χ4n) is 1.70. The van der Waals surface area contributed by atoms with E-state index in [2.05, 4.69) is 28.8 Å². The van der Waals surface area contributed by atoms with Crippen molar-refractivity contribution in [2.75, 3.05) is 12.3 Å². The van der Waals surface area contributed by atoms with Crippen LogP contribution in [0.3, 0.4) is 0 Å². The smallest absolute Gasteiger partial charge is 0.165 e. The van der Waals surface area contributed by atoms with E-state index in [0.717, 1.165) is 31.6 Å². The van der Waals surface area contributed by atoms with E-state index in [1.807, 2.05) is 4.57 Å². The van der Waals surface area contributed by atoms with E-state index in [4.69, 9.17) is 10.5 Å². The van der Waals surface area contributed by atoms with E-state index in [-0.39, 0.29) is 0 Å². The number of aryl methyl sites for hydroxylation is 1. The van der Waals surface area contributed by atoms with Crippen LogP contribution in [0.25, 0.3) is 11.2 Å². The third kappa shape index (κ3) is 2.76. The van der Waals surface area contributed by atoms with Crippen molar-refractivity contribution in [3.63, 3.8) is 0 Å². The predicted molar refractivity (Wildman–Crippen MR) is 70.1 cm³/mol. The second kappa shape index (κ2) is 5.77. The molecule has 0 saturated heterocycles. The molecule has 0 aromatic carbocycles.